The molecular weight excluding hydrogens is 458 g/mol. The summed E-state index contributed by atoms with van der Waals surface area (Å²) in [5.41, 5.74) is 0.327. The molecule has 0 aromatic heterocycles. The molecule has 1 aromatic carbocycles. The maximum absolute atomic E-state index is 12.6. The average Bonchev–Trinajstić information content (AvgIpc) is 3.61. The number of aliphatic imine (C=N–C) groups is 1. The first-order chi connectivity index (χ1) is 16.9. The molecule has 1 fully saturated rings. The number of benzene rings is 1. The fourth-order valence-corrected chi connectivity index (χ4v) is 4.06. The normalized spacial score (nSPS) is 23.5. The molecule has 13 heteroatoms. The summed E-state index contributed by atoms with van der Waals surface area (Å²) in [7, 11) is 0. The van der Waals surface area contributed by atoms with Gasteiger partial charge in [-0.2, -0.15) is 0 Å². The van der Waals surface area contributed by atoms with Gasteiger partial charge in [0.25, 0.3) is 5.91 Å². The largest absolute Gasteiger partial charge is 0.480 e. The number of rotatable bonds is 9. The zero-order chi connectivity index (χ0) is 24.7. The molecule has 188 valence electrons. The lowest BCUT2D eigenvalue weighted by Gasteiger charge is -2.19. The number of aliphatic carboxylic acids is 1. The highest BCUT2D eigenvalue weighted by Crippen LogP contribution is 2.32. The summed E-state index contributed by atoms with van der Waals surface area (Å²) in [5.74, 6) is -1.07. The van der Waals surface area contributed by atoms with Crippen molar-refractivity contribution in [1.29, 1.82) is 0 Å². The van der Waals surface area contributed by atoms with E-state index < -0.39 is 29.6 Å². The van der Waals surface area contributed by atoms with Gasteiger partial charge in [-0.3, -0.25) is 9.79 Å². The molecule has 0 bridgehead atoms. The van der Waals surface area contributed by atoms with Crippen LogP contribution in [0, 0.1) is 0 Å². The van der Waals surface area contributed by atoms with Crippen LogP contribution in [0.1, 0.15) is 18.4 Å². The molecule has 0 radical (unpaired) electrons. The van der Waals surface area contributed by atoms with Crippen molar-refractivity contribution < 1.29 is 29.1 Å². The van der Waals surface area contributed by atoms with Crippen LogP contribution in [-0.2, 0) is 25.8 Å². The lowest BCUT2D eigenvalue weighted by molar-refractivity contribution is -0.139. The highest BCUT2D eigenvalue weighted by atomic mass is 16.7. The molecule has 2 amide bonds. The molecule has 4 rings (SSSR count). The summed E-state index contributed by atoms with van der Waals surface area (Å²) in [6.07, 6.45) is 0.0535. The highest BCUT2D eigenvalue weighted by Gasteiger charge is 2.47. The number of amides is 2. The molecule has 2 unspecified atom stereocenters. The second kappa shape index (κ2) is 11.0. The summed E-state index contributed by atoms with van der Waals surface area (Å²) < 4.78 is 5.05. The van der Waals surface area contributed by atoms with Crippen LogP contribution >= 0.6 is 0 Å². The van der Waals surface area contributed by atoms with E-state index in [-0.39, 0.29) is 24.9 Å². The number of hydrogen-bond donors (Lipinski definition) is 6. The van der Waals surface area contributed by atoms with Crippen LogP contribution in [0.4, 0.5) is 4.79 Å². The van der Waals surface area contributed by atoms with Crippen LogP contribution in [0.5, 0.6) is 0 Å². The van der Waals surface area contributed by atoms with Crippen molar-refractivity contribution >= 4 is 29.6 Å². The van der Waals surface area contributed by atoms with Crippen LogP contribution in [-0.4, -0.2) is 85.2 Å². The number of nitrogens with zero attached hydrogens (tertiary/aromatic N) is 2. The quantitative estimate of drug-likeness (QED) is 0.253. The maximum atomic E-state index is 12.6. The SMILES string of the molecule is O=C(N[C@@H](CNC(=O)C1=NOC2(CNC(CNC3=NCCN3)C2)C1)C(=O)O)OCc1ccccc1. The first-order valence-electron chi connectivity index (χ1n) is 11.4. The van der Waals surface area contributed by atoms with Crippen LogP contribution in [0.2, 0.25) is 0 Å². The molecule has 3 heterocycles. The predicted octanol–water partition coefficient (Wildman–Crippen LogP) is -1.09. The highest BCUT2D eigenvalue weighted by molar-refractivity contribution is 6.39. The maximum Gasteiger partial charge on any atom is 0.408 e. The van der Waals surface area contributed by atoms with E-state index in [1.165, 1.54) is 0 Å². The van der Waals surface area contributed by atoms with Crippen LogP contribution in [0.15, 0.2) is 40.5 Å². The lowest BCUT2D eigenvalue weighted by Crippen LogP contribution is -2.49. The number of nitrogens with one attached hydrogen (secondary N) is 5. The monoisotopic (exact) mass is 487 g/mol. The molecule has 3 aliphatic rings. The molecule has 0 aliphatic carbocycles. The number of carboxylic acid groups (broad SMARTS) is 1. The van der Waals surface area contributed by atoms with Gasteiger partial charge in [0.05, 0.1) is 6.54 Å². The minimum absolute atomic E-state index is 0.00320. The Hall–Kier alpha value is -3.87. The van der Waals surface area contributed by atoms with Gasteiger partial charge in [-0.25, -0.2) is 9.59 Å². The van der Waals surface area contributed by atoms with Crippen molar-refractivity contribution in [3.63, 3.8) is 0 Å². The first kappa shape index (κ1) is 24.3. The summed E-state index contributed by atoms with van der Waals surface area (Å²) >= 11 is 0. The van der Waals surface area contributed by atoms with Crippen molar-refractivity contribution in [2.45, 2.75) is 37.1 Å². The molecule has 1 saturated heterocycles. The molecule has 6 N–H and O–H groups in total. The number of carbonyl (C=O) groups excluding carboxylic acids is 2. The molecule has 1 spiro atoms. The van der Waals surface area contributed by atoms with Crippen molar-refractivity contribution in [3.8, 4) is 0 Å². The lowest BCUT2D eigenvalue weighted by atomic mass is 9.94. The van der Waals surface area contributed by atoms with E-state index in [2.05, 4.69) is 36.7 Å². The Morgan fingerprint density at radius 2 is 2.11 bits per heavy atom. The van der Waals surface area contributed by atoms with Crippen molar-refractivity contribution in [3.05, 3.63) is 35.9 Å². The van der Waals surface area contributed by atoms with Crippen molar-refractivity contribution in [2.24, 2.45) is 10.1 Å². The van der Waals surface area contributed by atoms with Crippen LogP contribution in [0.3, 0.4) is 0 Å². The van der Waals surface area contributed by atoms with Crippen LogP contribution < -0.4 is 26.6 Å². The summed E-state index contributed by atoms with van der Waals surface area (Å²) in [4.78, 5) is 46.0. The van der Waals surface area contributed by atoms with E-state index in [9.17, 15) is 19.5 Å². The summed E-state index contributed by atoms with van der Waals surface area (Å²) in [6.45, 7) is 2.44. The van der Waals surface area contributed by atoms with Gasteiger partial charge in [-0.05, 0) is 5.56 Å². The van der Waals surface area contributed by atoms with Gasteiger partial charge in [0.2, 0.25) is 0 Å². The topological polar surface area (TPSA) is 175 Å². The summed E-state index contributed by atoms with van der Waals surface area (Å²) in [5, 5.41) is 27.9. The van der Waals surface area contributed by atoms with Crippen molar-refractivity contribution in [1.82, 2.24) is 26.6 Å². The Morgan fingerprint density at radius 1 is 1.29 bits per heavy atom. The van der Waals surface area contributed by atoms with Gasteiger partial charge in [-0.1, -0.05) is 35.5 Å². The van der Waals surface area contributed by atoms with Crippen LogP contribution in [0.25, 0.3) is 0 Å². The molecule has 1 aromatic rings. The summed E-state index contributed by atoms with van der Waals surface area (Å²) in [6, 6.07) is 7.74. The first-order valence-corrected chi connectivity index (χ1v) is 11.4. The zero-order valence-electron chi connectivity index (χ0n) is 19.1. The molecule has 13 nitrogen and oxygen atoms in total. The number of ether oxygens (including phenoxy) is 1. The zero-order valence-corrected chi connectivity index (χ0v) is 19.1. The standard InChI is InChI=1S/C22H29N7O6/c30-18(25-11-17(19(31)32)28-21(33)34-12-14-4-2-1-3-5-14)16-9-22(35-29-16)8-15(27-13-22)10-26-20-23-6-7-24-20/h1-5,15,17,27H,6-13H2,(H,25,30)(H,28,33)(H,31,32)(H2,23,24,26)/t15?,17-,22?/m0/s1. The molecule has 3 aliphatic heterocycles. The van der Waals surface area contributed by atoms with E-state index >= 15 is 0 Å². The van der Waals surface area contributed by atoms with Gasteiger partial charge in [0, 0.05) is 45.1 Å². The molecule has 35 heavy (non-hydrogen) atoms. The number of alkyl carbamates (subject to hydrolysis) is 1. The number of oxime groups is 1. The number of carboxylic acids is 1. The van der Waals surface area contributed by atoms with Gasteiger partial charge in [0.1, 0.15) is 18.4 Å². The Balaban J connectivity index is 1.19. The van der Waals surface area contributed by atoms with Gasteiger partial charge < -0.3 is 41.3 Å². The number of carbonyl (C=O) groups is 3. The fraction of sp³-hybridized carbons (Fsp3) is 0.500. The third-order valence-electron chi connectivity index (χ3n) is 5.89. The fourth-order valence-electron chi connectivity index (χ4n) is 4.06. The van der Waals surface area contributed by atoms with Gasteiger partial charge in [0.15, 0.2) is 11.6 Å². The third-order valence-corrected chi connectivity index (χ3v) is 5.89. The average molecular weight is 488 g/mol. The van der Waals surface area contributed by atoms with E-state index in [0.717, 1.165) is 24.6 Å². The van der Waals surface area contributed by atoms with E-state index in [4.69, 9.17) is 9.57 Å². The van der Waals surface area contributed by atoms with E-state index in [1.54, 1.807) is 24.3 Å². The Morgan fingerprint density at radius 3 is 2.86 bits per heavy atom. The number of hydrogen-bond acceptors (Lipinski definition) is 10. The minimum atomic E-state index is -1.37. The third kappa shape index (κ3) is 6.59. The number of guanidine groups is 1. The second-order valence-corrected chi connectivity index (χ2v) is 8.62. The van der Waals surface area contributed by atoms with Crippen molar-refractivity contribution in [2.75, 3.05) is 32.7 Å². The molecule has 3 atom stereocenters. The Labute approximate surface area is 201 Å². The smallest absolute Gasteiger partial charge is 0.408 e. The Bertz CT molecular complexity index is 1000. The second-order valence-electron chi connectivity index (χ2n) is 8.62. The van der Waals surface area contributed by atoms with Gasteiger partial charge >= 0.3 is 12.1 Å². The minimum Gasteiger partial charge on any atom is -0.480 e. The van der Waals surface area contributed by atoms with Gasteiger partial charge in [-0.15, -0.1) is 0 Å². The van der Waals surface area contributed by atoms with E-state index in [0.29, 0.717) is 25.9 Å². The molecule has 0 saturated carbocycles. The molecular formula is C22H29N7O6. The van der Waals surface area contributed by atoms with E-state index in [1.807, 2.05) is 6.07 Å². The predicted molar refractivity (Wildman–Crippen MR) is 125 cm³/mol. The Kier molecular flexibility index (Phi) is 7.65.